The fourth-order valence-corrected chi connectivity index (χ4v) is 2.43. The normalized spacial score (nSPS) is 19.9. The average molecular weight is 282 g/mol. The Morgan fingerprint density at radius 2 is 2.10 bits per heavy atom. The minimum absolute atomic E-state index is 0.329. The standard InChI is InChI=1S/C17H18N2O2/c1-2-21-17(20)13-8-9-16(18-11-13)19-15-10-14(15)12-6-4-3-5-7-12/h3-9,11,14-15H,2,10H2,1H3,(H,18,19). The minimum atomic E-state index is -0.329. The Balaban J connectivity index is 1.59. The molecule has 1 aromatic heterocycles. The first-order valence-corrected chi connectivity index (χ1v) is 7.22. The second-order valence-corrected chi connectivity index (χ2v) is 5.16. The molecular formula is C17H18N2O2. The van der Waals surface area contributed by atoms with E-state index >= 15 is 0 Å². The van der Waals surface area contributed by atoms with Crippen molar-refractivity contribution in [3.05, 3.63) is 59.8 Å². The van der Waals surface area contributed by atoms with E-state index < -0.39 is 0 Å². The number of nitrogens with zero attached hydrogens (tertiary/aromatic N) is 1. The summed E-state index contributed by atoms with van der Waals surface area (Å²) in [5.41, 5.74) is 1.84. The minimum Gasteiger partial charge on any atom is -0.462 e. The SMILES string of the molecule is CCOC(=O)c1ccc(NC2CC2c2ccccc2)nc1. The van der Waals surface area contributed by atoms with E-state index in [1.54, 1.807) is 19.2 Å². The summed E-state index contributed by atoms with van der Waals surface area (Å²) in [6, 6.07) is 14.5. The van der Waals surface area contributed by atoms with E-state index in [0.29, 0.717) is 24.1 Å². The molecule has 0 saturated heterocycles. The predicted octanol–water partition coefficient (Wildman–Crippen LogP) is 3.23. The topological polar surface area (TPSA) is 51.2 Å². The zero-order valence-electron chi connectivity index (χ0n) is 12.0. The van der Waals surface area contributed by atoms with Crippen LogP contribution in [0.4, 0.5) is 5.82 Å². The maximum Gasteiger partial charge on any atom is 0.339 e. The number of benzene rings is 1. The Labute approximate surface area is 124 Å². The summed E-state index contributed by atoms with van der Waals surface area (Å²) in [6.45, 7) is 2.16. The quantitative estimate of drug-likeness (QED) is 0.855. The molecule has 21 heavy (non-hydrogen) atoms. The van der Waals surface area contributed by atoms with Crippen LogP contribution in [-0.4, -0.2) is 23.6 Å². The highest BCUT2D eigenvalue weighted by molar-refractivity contribution is 5.89. The van der Waals surface area contributed by atoms with Gasteiger partial charge < -0.3 is 10.1 Å². The highest BCUT2D eigenvalue weighted by Gasteiger charge is 2.38. The largest absolute Gasteiger partial charge is 0.462 e. The third kappa shape index (κ3) is 3.21. The van der Waals surface area contributed by atoms with Gasteiger partial charge in [-0.15, -0.1) is 0 Å². The van der Waals surface area contributed by atoms with E-state index in [9.17, 15) is 4.79 Å². The first-order chi connectivity index (χ1) is 10.3. The number of nitrogens with one attached hydrogen (secondary N) is 1. The molecule has 2 aromatic rings. The number of carbonyl (C=O) groups excluding carboxylic acids is 1. The summed E-state index contributed by atoms with van der Waals surface area (Å²) in [5.74, 6) is 1.02. The number of hydrogen-bond donors (Lipinski definition) is 1. The molecule has 0 amide bonds. The van der Waals surface area contributed by atoms with Crippen LogP contribution < -0.4 is 5.32 Å². The van der Waals surface area contributed by atoms with Crippen LogP contribution in [0.1, 0.15) is 35.2 Å². The molecule has 1 aromatic carbocycles. The molecule has 0 spiro atoms. The highest BCUT2D eigenvalue weighted by atomic mass is 16.5. The van der Waals surface area contributed by atoms with Crippen LogP contribution in [0.5, 0.6) is 0 Å². The van der Waals surface area contributed by atoms with Crippen molar-refractivity contribution in [2.75, 3.05) is 11.9 Å². The number of hydrogen-bond acceptors (Lipinski definition) is 4. The Kier molecular flexibility index (Phi) is 3.86. The number of ether oxygens (including phenoxy) is 1. The second kappa shape index (κ2) is 5.95. The van der Waals surface area contributed by atoms with Crippen molar-refractivity contribution in [2.24, 2.45) is 0 Å². The molecule has 1 aliphatic rings. The first kappa shape index (κ1) is 13.6. The van der Waals surface area contributed by atoms with Crippen molar-refractivity contribution >= 4 is 11.8 Å². The molecule has 0 radical (unpaired) electrons. The molecule has 2 unspecified atom stereocenters. The lowest BCUT2D eigenvalue weighted by atomic mass is 10.1. The second-order valence-electron chi connectivity index (χ2n) is 5.16. The van der Waals surface area contributed by atoms with Gasteiger partial charge in [0.1, 0.15) is 5.82 Å². The van der Waals surface area contributed by atoms with Crippen LogP contribution in [0.15, 0.2) is 48.7 Å². The molecular weight excluding hydrogens is 264 g/mol. The van der Waals surface area contributed by atoms with Crippen molar-refractivity contribution in [1.82, 2.24) is 4.98 Å². The van der Waals surface area contributed by atoms with Gasteiger partial charge in [-0.3, -0.25) is 0 Å². The molecule has 1 aliphatic carbocycles. The lowest BCUT2D eigenvalue weighted by molar-refractivity contribution is 0.0526. The molecule has 0 bridgehead atoms. The highest BCUT2D eigenvalue weighted by Crippen LogP contribution is 2.42. The molecule has 2 atom stereocenters. The Bertz CT molecular complexity index is 610. The van der Waals surface area contributed by atoms with Gasteiger partial charge in [0.15, 0.2) is 0 Å². The molecule has 0 aliphatic heterocycles. The fourth-order valence-electron chi connectivity index (χ4n) is 2.43. The van der Waals surface area contributed by atoms with Crippen LogP contribution >= 0.6 is 0 Å². The summed E-state index contributed by atoms with van der Waals surface area (Å²) < 4.78 is 4.94. The smallest absolute Gasteiger partial charge is 0.339 e. The molecule has 4 nitrogen and oxygen atoms in total. The first-order valence-electron chi connectivity index (χ1n) is 7.22. The summed E-state index contributed by atoms with van der Waals surface area (Å²) in [6.07, 6.45) is 2.67. The Morgan fingerprint density at radius 3 is 2.76 bits per heavy atom. The lowest BCUT2D eigenvalue weighted by Gasteiger charge is -2.06. The zero-order chi connectivity index (χ0) is 14.7. The third-order valence-electron chi connectivity index (χ3n) is 3.63. The van der Waals surface area contributed by atoms with Crippen molar-refractivity contribution in [3.63, 3.8) is 0 Å². The summed E-state index contributed by atoms with van der Waals surface area (Å²) >= 11 is 0. The van der Waals surface area contributed by atoms with Gasteiger partial charge in [0.05, 0.1) is 12.2 Å². The van der Waals surface area contributed by atoms with Gasteiger partial charge in [-0.05, 0) is 31.0 Å². The number of aromatic nitrogens is 1. The van der Waals surface area contributed by atoms with E-state index in [0.717, 1.165) is 12.2 Å². The van der Waals surface area contributed by atoms with E-state index in [4.69, 9.17) is 4.74 Å². The van der Waals surface area contributed by atoms with Gasteiger partial charge >= 0.3 is 5.97 Å². The number of pyridine rings is 1. The van der Waals surface area contributed by atoms with Crippen molar-refractivity contribution in [2.45, 2.75) is 25.3 Å². The van der Waals surface area contributed by atoms with Gasteiger partial charge in [0.2, 0.25) is 0 Å². The number of rotatable bonds is 5. The van der Waals surface area contributed by atoms with Crippen LogP contribution in [0, 0.1) is 0 Å². The molecule has 1 fully saturated rings. The maximum absolute atomic E-state index is 11.5. The molecule has 108 valence electrons. The predicted molar refractivity (Wildman–Crippen MR) is 81.4 cm³/mol. The number of esters is 1. The van der Waals surface area contributed by atoms with E-state index in [1.807, 2.05) is 12.1 Å². The summed E-state index contributed by atoms with van der Waals surface area (Å²) in [5, 5.41) is 3.40. The van der Waals surface area contributed by atoms with Crippen LogP contribution in [-0.2, 0) is 4.74 Å². The molecule has 3 rings (SSSR count). The molecule has 4 heteroatoms. The summed E-state index contributed by atoms with van der Waals surface area (Å²) in [7, 11) is 0. The molecule has 1 heterocycles. The van der Waals surface area contributed by atoms with Gasteiger partial charge in [0, 0.05) is 18.2 Å². The fraction of sp³-hybridized carbons (Fsp3) is 0.294. The van der Waals surface area contributed by atoms with Gasteiger partial charge in [0.25, 0.3) is 0 Å². The number of anilines is 1. The van der Waals surface area contributed by atoms with Crippen LogP contribution in [0.3, 0.4) is 0 Å². The maximum atomic E-state index is 11.5. The monoisotopic (exact) mass is 282 g/mol. The van der Waals surface area contributed by atoms with E-state index in [1.165, 1.54) is 5.56 Å². The average Bonchev–Trinajstić information content (AvgIpc) is 3.28. The molecule has 1 saturated carbocycles. The van der Waals surface area contributed by atoms with Gasteiger partial charge in [-0.1, -0.05) is 30.3 Å². The Morgan fingerprint density at radius 1 is 1.29 bits per heavy atom. The van der Waals surface area contributed by atoms with Crippen molar-refractivity contribution in [3.8, 4) is 0 Å². The zero-order valence-corrected chi connectivity index (χ0v) is 12.0. The Hall–Kier alpha value is -2.36. The van der Waals surface area contributed by atoms with Crippen LogP contribution in [0.25, 0.3) is 0 Å². The van der Waals surface area contributed by atoms with Gasteiger partial charge in [-0.2, -0.15) is 0 Å². The number of carbonyl (C=O) groups is 1. The van der Waals surface area contributed by atoms with Crippen LogP contribution in [0.2, 0.25) is 0 Å². The third-order valence-corrected chi connectivity index (χ3v) is 3.63. The lowest BCUT2D eigenvalue weighted by Crippen LogP contribution is -2.08. The van der Waals surface area contributed by atoms with Crippen molar-refractivity contribution in [1.29, 1.82) is 0 Å². The van der Waals surface area contributed by atoms with Gasteiger partial charge in [-0.25, -0.2) is 9.78 Å². The molecule has 1 N–H and O–H groups in total. The van der Waals surface area contributed by atoms with E-state index in [2.05, 4.69) is 34.6 Å². The van der Waals surface area contributed by atoms with E-state index in [-0.39, 0.29) is 5.97 Å². The van der Waals surface area contributed by atoms with Crippen molar-refractivity contribution < 1.29 is 9.53 Å². The summed E-state index contributed by atoms with van der Waals surface area (Å²) in [4.78, 5) is 15.8.